The van der Waals surface area contributed by atoms with Gasteiger partial charge >= 0.3 is 0 Å². The molecule has 0 saturated heterocycles. The van der Waals surface area contributed by atoms with Crippen molar-refractivity contribution in [2.45, 2.75) is 26.3 Å². The van der Waals surface area contributed by atoms with Crippen LogP contribution in [0.3, 0.4) is 0 Å². The Kier molecular flexibility index (Phi) is 3.95. The summed E-state index contributed by atoms with van der Waals surface area (Å²) in [4.78, 5) is 0. The summed E-state index contributed by atoms with van der Waals surface area (Å²) in [5, 5.41) is 22.3. The number of rotatable bonds is 4. The van der Waals surface area contributed by atoms with E-state index in [1.807, 2.05) is 19.1 Å². The minimum atomic E-state index is 0.00507. The van der Waals surface area contributed by atoms with Gasteiger partial charge in [0.25, 0.3) is 0 Å². The summed E-state index contributed by atoms with van der Waals surface area (Å²) in [5.41, 5.74) is 3.16. The molecule has 19 heavy (non-hydrogen) atoms. The molecule has 3 nitrogen and oxygen atoms in total. The Morgan fingerprint density at radius 3 is 2.11 bits per heavy atom. The van der Waals surface area contributed by atoms with Gasteiger partial charge in [-0.25, -0.2) is 0 Å². The summed E-state index contributed by atoms with van der Waals surface area (Å²) in [7, 11) is 0. The van der Waals surface area contributed by atoms with Gasteiger partial charge in [-0.2, -0.15) is 0 Å². The number of hydrogen-bond acceptors (Lipinski definition) is 3. The highest BCUT2D eigenvalue weighted by atomic mass is 16.3. The van der Waals surface area contributed by atoms with Crippen molar-refractivity contribution in [1.82, 2.24) is 0 Å². The topological polar surface area (TPSA) is 52.5 Å². The van der Waals surface area contributed by atoms with Crippen LogP contribution in [-0.2, 0) is 6.42 Å². The number of nitrogens with one attached hydrogen (secondary N) is 1. The van der Waals surface area contributed by atoms with Crippen molar-refractivity contribution in [3.8, 4) is 11.5 Å². The molecule has 0 heterocycles. The number of benzene rings is 2. The van der Waals surface area contributed by atoms with Crippen molar-refractivity contribution in [3.05, 3.63) is 53.6 Å². The van der Waals surface area contributed by atoms with Crippen molar-refractivity contribution in [2.24, 2.45) is 0 Å². The summed E-state index contributed by atoms with van der Waals surface area (Å²) in [6.45, 7) is 4.11. The lowest BCUT2D eigenvalue weighted by Gasteiger charge is -2.16. The molecule has 3 heteroatoms. The third-order valence-corrected chi connectivity index (χ3v) is 3.17. The lowest BCUT2D eigenvalue weighted by molar-refractivity contribution is 0.448. The smallest absolute Gasteiger partial charge is 0.119 e. The molecule has 2 aromatic rings. The monoisotopic (exact) mass is 257 g/mol. The van der Waals surface area contributed by atoms with E-state index in [-0.39, 0.29) is 17.5 Å². The molecular formula is C16H19NO2. The maximum atomic E-state index is 9.49. The van der Waals surface area contributed by atoms with Crippen LogP contribution in [0.1, 0.15) is 31.0 Å². The molecule has 0 saturated carbocycles. The zero-order valence-electron chi connectivity index (χ0n) is 11.2. The SMILES string of the molecule is CCc1ccc(NC(C)c2cc(O)cc(O)c2)cc1. The molecule has 100 valence electrons. The van der Waals surface area contributed by atoms with Crippen molar-refractivity contribution in [3.63, 3.8) is 0 Å². The molecule has 3 N–H and O–H groups in total. The van der Waals surface area contributed by atoms with Crippen LogP contribution in [0.15, 0.2) is 42.5 Å². The Hall–Kier alpha value is -2.16. The molecule has 0 aliphatic rings. The second kappa shape index (κ2) is 5.65. The highest BCUT2D eigenvalue weighted by Gasteiger charge is 2.08. The number of aryl methyl sites for hydroxylation is 1. The van der Waals surface area contributed by atoms with Gasteiger partial charge in [0.05, 0.1) is 0 Å². The first kappa shape index (κ1) is 13.3. The first-order valence-corrected chi connectivity index (χ1v) is 6.47. The van der Waals surface area contributed by atoms with Gasteiger partial charge in [0.2, 0.25) is 0 Å². The zero-order chi connectivity index (χ0) is 13.8. The molecule has 0 amide bonds. The van der Waals surface area contributed by atoms with Gasteiger partial charge in [0.1, 0.15) is 11.5 Å². The summed E-state index contributed by atoms with van der Waals surface area (Å²) in [6, 6.07) is 12.9. The van der Waals surface area contributed by atoms with E-state index in [1.165, 1.54) is 11.6 Å². The molecule has 1 unspecified atom stereocenters. The summed E-state index contributed by atoms with van der Waals surface area (Å²) in [5.74, 6) is 0.148. The fourth-order valence-electron chi connectivity index (χ4n) is 2.04. The van der Waals surface area contributed by atoms with Crippen LogP contribution in [0, 0.1) is 0 Å². The summed E-state index contributed by atoms with van der Waals surface area (Å²) >= 11 is 0. The largest absolute Gasteiger partial charge is 0.508 e. The summed E-state index contributed by atoms with van der Waals surface area (Å²) in [6.07, 6.45) is 1.02. The van der Waals surface area contributed by atoms with Crippen LogP contribution in [0.5, 0.6) is 11.5 Å². The molecule has 2 rings (SSSR count). The van der Waals surface area contributed by atoms with Crippen LogP contribution in [-0.4, -0.2) is 10.2 Å². The summed E-state index contributed by atoms with van der Waals surface area (Å²) < 4.78 is 0. The van der Waals surface area contributed by atoms with E-state index in [0.29, 0.717) is 0 Å². The predicted molar refractivity (Wildman–Crippen MR) is 77.6 cm³/mol. The van der Waals surface area contributed by atoms with Gasteiger partial charge in [-0.1, -0.05) is 19.1 Å². The standard InChI is InChI=1S/C16H19NO2/c1-3-12-4-6-14(7-5-12)17-11(2)13-8-15(18)10-16(19)9-13/h4-11,17-19H,3H2,1-2H3. The van der Waals surface area contributed by atoms with Crippen LogP contribution >= 0.6 is 0 Å². The van der Waals surface area contributed by atoms with Gasteiger partial charge in [0, 0.05) is 17.8 Å². The van der Waals surface area contributed by atoms with Crippen LogP contribution in [0.2, 0.25) is 0 Å². The Morgan fingerprint density at radius 2 is 1.58 bits per heavy atom. The van der Waals surface area contributed by atoms with Crippen molar-refractivity contribution >= 4 is 5.69 Å². The maximum Gasteiger partial charge on any atom is 0.119 e. The molecule has 0 fully saturated rings. The molecule has 0 spiro atoms. The van der Waals surface area contributed by atoms with Crippen LogP contribution in [0.4, 0.5) is 5.69 Å². The first-order chi connectivity index (χ1) is 9.08. The Balaban J connectivity index is 2.13. The lowest BCUT2D eigenvalue weighted by Crippen LogP contribution is -2.06. The van der Waals surface area contributed by atoms with Crippen LogP contribution in [0.25, 0.3) is 0 Å². The molecule has 1 atom stereocenters. The third-order valence-electron chi connectivity index (χ3n) is 3.17. The molecule has 0 aliphatic heterocycles. The Bertz CT molecular complexity index is 529. The Morgan fingerprint density at radius 1 is 1.00 bits per heavy atom. The average molecular weight is 257 g/mol. The van der Waals surface area contributed by atoms with Gasteiger partial charge in [-0.05, 0) is 48.7 Å². The average Bonchev–Trinajstić information content (AvgIpc) is 2.38. The van der Waals surface area contributed by atoms with Crippen molar-refractivity contribution < 1.29 is 10.2 Å². The first-order valence-electron chi connectivity index (χ1n) is 6.47. The molecule has 0 aromatic heterocycles. The molecule has 0 bridgehead atoms. The number of aromatic hydroxyl groups is 2. The van der Waals surface area contributed by atoms with E-state index in [0.717, 1.165) is 17.7 Å². The highest BCUT2D eigenvalue weighted by Crippen LogP contribution is 2.27. The van der Waals surface area contributed by atoms with E-state index < -0.39 is 0 Å². The second-order valence-corrected chi connectivity index (χ2v) is 4.70. The minimum Gasteiger partial charge on any atom is -0.508 e. The number of phenols is 2. The fourth-order valence-corrected chi connectivity index (χ4v) is 2.04. The minimum absolute atomic E-state index is 0.00507. The second-order valence-electron chi connectivity index (χ2n) is 4.70. The van der Waals surface area contributed by atoms with Gasteiger partial charge < -0.3 is 15.5 Å². The van der Waals surface area contributed by atoms with Gasteiger partial charge in [0.15, 0.2) is 0 Å². The lowest BCUT2D eigenvalue weighted by atomic mass is 10.1. The number of phenolic OH excluding ortho intramolecular Hbond substituents is 2. The van der Waals surface area contributed by atoms with Crippen molar-refractivity contribution in [2.75, 3.05) is 5.32 Å². The highest BCUT2D eigenvalue weighted by molar-refractivity contribution is 5.48. The van der Waals surface area contributed by atoms with Gasteiger partial charge in [-0.3, -0.25) is 0 Å². The number of anilines is 1. The van der Waals surface area contributed by atoms with Gasteiger partial charge in [-0.15, -0.1) is 0 Å². The molecule has 2 aromatic carbocycles. The maximum absolute atomic E-state index is 9.49. The van der Waals surface area contributed by atoms with E-state index in [4.69, 9.17) is 0 Å². The van der Waals surface area contributed by atoms with Crippen molar-refractivity contribution in [1.29, 1.82) is 0 Å². The quantitative estimate of drug-likeness (QED) is 0.780. The van der Waals surface area contributed by atoms with E-state index in [2.05, 4.69) is 24.4 Å². The predicted octanol–water partition coefficient (Wildman–Crippen LogP) is 3.83. The Labute approximate surface area is 113 Å². The fraction of sp³-hybridized carbons (Fsp3) is 0.250. The zero-order valence-corrected chi connectivity index (χ0v) is 11.2. The molecule has 0 radical (unpaired) electrons. The van der Waals surface area contributed by atoms with Crippen LogP contribution < -0.4 is 5.32 Å². The molecule has 0 aliphatic carbocycles. The van der Waals surface area contributed by atoms with E-state index in [1.54, 1.807) is 12.1 Å². The normalized spacial score (nSPS) is 12.1. The molecular weight excluding hydrogens is 238 g/mol. The third kappa shape index (κ3) is 3.41. The van der Waals surface area contributed by atoms with E-state index >= 15 is 0 Å². The van der Waals surface area contributed by atoms with E-state index in [9.17, 15) is 10.2 Å². The number of hydrogen-bond donors (Lipinski definition) is 3.